The molecule has 18 heavy (non-hydrogen) atoms. The standard InChI is InChI=1S/C11H11NO5S/c13-10-8-4-1-2-5-9(8)11(14)12(10)6-3-7-17-18(15)16/h1-2,4-5H,3,6-7H2,(H,15,16). The number of amides is 2. The third-order valence-corrected chi connectivity index (χ3v) is 2.96. The van der Waals surface area contributed by atoms with Crippen molar-refractivity contribution in [1.29, 1.82) is 0 Å². The van der Waals surface area contributed by atoms with E-state index in [2.05, 4.69) is 4.18 Å². The van der Waals surface area contributed by atoms with Gasteiger partial charge in [-0.15, -0.1) is 0 Å². The molecule has 1 aromatic carbocycles. The van der Waals surface area contributed by atoms with Crippen LogP contribution in [-0.4, -0.2) is 38.6 Å². The van der Waals surface area contributed by atoms with E-state index < -0.39 is 11.4 Å². The van der Waals surface area contributed by atoms with Crippen LogP contribution in [0.1, 0.15) is 27.1 Å². The molecule has 0 bridgehead atoms. The minimum absolute atomic E-state index is 0.0104. The monoisotopic (exact) mass is 269 g/mol. The Morgan fingerprint density at radius 2 is 1.72 bits per heavy atom. The number of hydrogen-bond acceptors (Lipinski definition) is 4. The second kappa shape index (κ2) is 5.38. The number of carbonyl (C=O) groups excluding carboxylic acids is 2. The van der Waals surface area contributed by atoms with Crippen LogP contribution in [0.15, 0.2) is 24.3 Å². The molecule has 1 unspecified atom stereocenters. The van der Waals surface area contributed by atoms with Crippen LogP contribution in [0.3, 0.4) is 0 Å². The van der Waals surface area contributed by atoms with Crippen molar-refractivity contribution in [3.63, 3.8) is 0 Å². The van der Waals surface area contributed by atoms with Crippen LogP contribution >= 0.6 is 0 Å². The van der Waals surface area contributed by atoms with Crippen molar-refractivity contribution < 1.29 is 22.5 Å². The largest absolute Gasteiger partial charge is 0.301 e. The van der Waals surface area contributed by atoms with Gasteiger partial charge in [-0.05, 0) is 18.6 Å². The predicted molar refractivity (Wildman–Crippen MR) is 63.1 cm³/mol. The highest BCUT2D eigenvalue weighted by Crippen LogP contribution is 2.22. The third kappa shape index (κ3) is 2.47. The molecule has 1 heterocycles. The first-order valence-corrected chi connectivity index (χ1v) is 6.34. The van der Waals surface area contributed by atoms with Gasteiger partial charge in [-0.1, -0.05) is 12.1 Å². The van der Waals surface area contributed by atoms with Crippen molar-refractivity contribution in [2.75, 3.05) is 13.2 Å². The Hall–Kier alpha value is -1.57. The van der Waals surface area contributed by atoms with Gasteiger partial charge in [0, 0.05) is 6.54 Å². The zero-order valence-corrected chi connectivity index (χ0v) is 10.2. The molecule has 1 aliphatic rings. The van der Waals surface area contributed by atoms with Gasteiger partial charge in [0.2, 0.25) is 0 Å². The van der Waals surface area contributed by atoms with E-state index in [-0.39, 0.29) is 25.0 Å². The highest BCUT2D eigenvalue weighted by Gasteiger charge is 2.34. The molecule has 7 heteroatoms. The number of benzene rings is 1. The lowest BCUT2D eigenvalue weighted by atomic mass is 10.1. The van der Waals surface area contributed by atoms with Gasteiger partial charge in [-0.3, -0.25) is 23.2 Å². The molecule has 1 aliphatic heterocycles. The van der Waals surface area contributed by atoms with Gasteiger partial charge >= 0.3 is 11.4 Å². The average Bonchev–Trinajstić information content (AvgIpc) is 2.59. The maximum Gasteiger partial charge on any atom is 0.301 e. The van der Waals surface area contributed by atoms with E-state index in [1.807, 2.05) is 0 Å². The van der Waals surface area contributed by atoms with Crippen LogP contribution in [-0.2, 0) is 15.5 Å². The first kappa shape index (κ1) is 12.9. The molecule has 96 valence electrons. The van der Waals surface area contributed by atoms with Crippen LogP contribution < -0.4 is 0 Å². The molecule has 2 amide bonds. The Morgan fingerprint density at radius 1 is 1.17 bits per heavy atom. The van der Waals surface area contributed by atoms with Gasteiger partial charge in [0.25, 0.3) is 11.8 Å². The summed E-state index contributed by atoms with van der Waals surface area (Å²) < 4.78 is 23.1. The molecule has 0 spiro atoms. The summed E-state index contributed by atoms with van der Waals surface area (Å²) in [6.07, 6.45) is 0.317. The summed E-state index contributed by atoms with van der Waals surface area (Å²) in [4.78, 5) is 24.9. The zero-order chi connectivity index (χ0) is 13.1. The minimum atomic E-state index is -2.31. The molecule has 1 atom stereocenters. The second-order valence-electron chi connectivity index (χ2n) is 3.70. The summed E-state index contributed by atoms with van der Waals surface area (Å²) in [6, 6.07) is 6.61. The Labute approximate surface area is 106 Å². The van der Waals surface area contributed by atoms with E-state index in [1.165, 1.54) is 0 Å². The quantitative estimate of drug-likeness (QED) is 0.486. The van der Waals surface area contributed by atoms with Crippen LogP contribution in [0.5, 0.6) is 0 Å². The molecule has 1 N–H and O–H groups in total. The summed E-state index contributed by atoms with van der Waals surface area (Å²) >= 11 is -2.31. The molecule has 0 saturated heterocycles. The molecule has 0 aromatic heterocycles. The molecule has 0 radical (unpaired) electrons. The minimum Gasteiger partial charge on any atom is -0.284 e. The molecule has 2 rings (SSSR count). The lowest BCUT2D eigenvalue weighted by Crippen LogP contribution is -2.31. The highest BCUT2D eigenvalue weighted by atomic mass is 32.2. The molecule has 6 nitrogen and oxygen atoms in total. The number of carbonyl (C=O) groups is 2. The van der Waals surface area contributed by atoms with E-state index >= 15 is 0 Å². The Kier molecular flexibility index (Phi) is 3.85. The normalized spacial score (nSPS) is 15.9. The van der Waals surface area contributed by atoms with Gasteiger partial charge in [-0.2, -0.15) is 4.21 Å². The molecule has 0 saturated carbocycles. The van der Waals surface area contributed by atoms with Crippen LogP contribution in [0.2, 0.25) is 0 Å². The van der Waals surface area contributed by atoms with Gasteiger partial charge in [0.1, 0.15) is 0 Å². The second-order valence-corrected chi connectivity index (χ2v) is 4.37. The van der Waals surface area contributed by atoms with Crippen LogP contribution in [0.4, 0.5) is 0 Å². The molecular formula is C11H11NO5S. The van der Waals surface area contributed by atoms with Gasteiger partial charge in [0.15, 0.2) is 0 Å². The Bertz CT molecular complexity index is 481. The van der Waals surface area contributed by atoms with Crippen molar-refractivity contribution in [3.8, 4) is 0 Å². The fourth-order valence-electron chi connectivity index (χ4n) is 1.80. The smallest absolute Gasteiger partial charge is 0.284 e. The Morgan fingerprint density at radius 3 is 2.22 bits per heavy atom. The van der Waals surface area contributed by atoms with Gasteiger partial charge in [-0.25, -0.2) is 0 Å². The zero-order valence-electron chi connectivity index (χ0n) is 9.37. The van der Waals surface area contributed by atoms with E-state index in [1.54, 1.807) is 24.3 Å². The van der Waals surface area contributed by atoms with Crippen molar-refractivity contribution in [2.45, 2.75) is 6.42 Å². The predicted octanol–water partition coefficient (Wildman–Crippen LogP) is 0.826. The SMILES string of the molecule is O=C1c2ccccc2C(=O)N1CCCOS(=O)O. The fraction of sp³-hybridized carbons (Fsp3) is 0.273. The average molecular weight is 269 g/mol. The molecular weight excluding hydrogens is 258 g/mol. The summed E-state index contributed by atoms with van der Waals surface area (Å²) in [7, 11) is 0. The van der Waals surface area contributed by atoms with Crippen molar-refractivity contribution in [3.05, 3.63) is 35.4 Å². The van der Waals surface area contributed by atoms with E-state index in [0.717, 1.165) is 4.90 Å². The number of rotatable bonds is 5. The summed E-state index contributed by atoms with van der Waals surface area (Å²) in [5.41, 5.74) is 0.795. The first-order chi connectivity index (χ1) is 8.61. The first-order valence-electron chi connectivity index (χ1n) is 5.30. The fourth-order valence-corrected chi connectivity index (χ4v) is 2.06. The molecule has 0 aliphatic carbocycles. The lowest BCUT2D eigenvalue weighted by molar-refractivity contribution is 0.0647. The number of hydrogen-bond donors (Lipinski definition) is 1. The van der Waals surface area contributed by atoms with E-state index in [0.29, 0.717) is 17.5 Å². The number of nitrogens with zero attached hydrogens (tertiary/aromatic N) is 1. The highest BCUT2D eigenvalue weighted by molar-refractivity contribution is 7.74. The Balaban J connectivity index is 1.99. The summed E-state index contributed by atoms with van der Waals surface area (Å²) in [5.74, 6) is -0.665. The number of fused-ring (bicyclic) bond motifs is 1. The topological polar surface area (TPSA) is 83.9 Å². The van der Waals surface area contributed by atoms with Crippen LogP contribution in [0, 0.1) is 0 Å². The number of imide groups is 1. The maximum absolute atomic E-state index is 11.9. The van der Waals surface area contributed by atoms with Crippen LogP contribution in [0.25, 0.3) is 0 Å². The third-order valence-electron chi connectivity index (χ3n) is 2.59. The molecule has 0 fully saturated rings. The molecule has 1 aromatic rings. The van der Waals surface area contributed by atoms with E-state index in [4.69, 9.17) is 4.55 Å². The maximum atomic E-state index is 11.9. The summed E-state index contributed by atoms with van der Waals surface area (Å²) in [5, 5.41) is 0. The van der Waals surface area contributed by atoms with Crippen molar-refractivity contribution >= 4 is 23.2 Å². The van der Waals surface area contributed by atoms with Crippen molar-refractivity contribution in [2.24, 2.45) is 0 Å². The lowest BCUT2D eigenvalue weighted by Gasteiger charge is -2.12. The van der Waals surface area contributed by atoms with E-state index in [9.17, 15) is 13.8 Å². The van der Waals surface area contributed by atoms with Gasteiger partial charge in [0.05, 0.1) is 17.7 Å². The van der Waals surface area contributed by atoms with Crippen molar-refractivity contribution in [1.82, 2.24) is 4.90 Å². The van der Waals surface area contributed by atoms with Gasteiger partial charge < -0.3 is 0 Å². The summed E-state index contributed by atoms with van der Waals surface area (Å²) in [6.45, 7) is 0.181.